The third-order valence-electron chi connectivity index (χ3n) is 8.11. The average Bonchev–Trinajstić information content (AvgIpc) is 2.84. The molecule has 2 aromatic carbocycles. The predicted molar refractivity (Wildman–Crippen MR) is 151 cm³/mol. The van der Waals surface area contributed by atoms with E-state index in [1.165, 1.54) is 6.92 Å². The second kappa shape index (κ2) is 11.8. The molecule has 4 rings (SSSR count). The quantitative estimate of drug-likeness (QED) is 0.439. The topological polar surface area (TPSA) is 70.1 Å². The number of carbonyl (C=O) groups is 2. The van der Waals surface area contributed by atoms with Crippen LogP contribution in [0, 0.1) is 11.8 Å². The molecule has 6 nitrogen and oxygen atoms in total. The lowest BCUT2D eigenvalue weighted by molar-refractivity contribution is -0.160. The number of fused-ring (bicyclic) bond motifs is 1. The van der Waals surface area contributed by atoms with Gasteiger partial charge in [-0.3, -0.25) is 9.59 Å². The van der Waals surface area contributed by atoms with E-state index in [0.717, 1.165) is 37.1 Å². The fourth-order valence-electron chi connectivity index (χ4n) is 6.49. The van der Waals surface area contributed by atoms with E-state index in [2.05, 4.69) is 31.9 Å². The first-order valence-electron chi connectivity index (χ1n) is 13.4. The fraction of sp³-hybridized carbons (Fsp3) is 0.533. The van der Waals surface area contributed by atoms with Crippen LogP contribution in [0.4, 0.5) is 0 Å². The average molecular weight is 562 g/mol. The van der Waals surface area contributed by atoms with Crippen molar-refractivity contribution in [2.45, 2.75) is 64.0 Å². The molecule has 0 aromatic heterocycles. The number of phenols is 1. The number of amides is 1. The lowest BCUT2D eigenvalue weighted by Gasteiger charge is -2.56. The van der Waals surface area contributed by atoms with Crippen molar-refractivity contribution < 1.29 is 19.4 Å². The highest BCUT2D eigenvalue weighted by Crippen LogP contribution is 2.51. The molecule has 0 bridgehead atoms. The van der Waals surface area contributed by atoms with E-state index < -0.39 is 0 Å². The van der Waals surface area contributed by atoms with Crippen molar-refractivity contribution >= 4 is 35.1 Å². The Hall–Kier alpha value is -2.28. The number of nitrogens with zero attached hydrogens (tertiary/aromatic N) is 2. The summed E-state index contributed by atoms with van der Waals surface area (Å²) >= 11 is 12.3. The van der Waals surface area contributed by atoms with Gasteiger partial charge in [0.25, 0.3) is 0 Å². The number of carbonyl (C=O) groups excluding carboxylic acids is 2. The second-order valence-electron chi connectivity index (χ2n) is 11.4. The molecule has 1 saturated heterocycles. The third-order valence-corrected chi connectivity index (χ3v) is 8.85. The lowest BCUT2D eigenvalue weighted by atomic mass is 9.56. The maximum atomic E-state index is 13.9. The maximum Gasteiger partial charge on any atom is 0.302 e. The Balaban J connectivity index is 1.74. The molecule has 38 heavy (non-hydrogen) atoms. The zero-order chi connectivity index (χ0) is 27.6. The van der Waals surface area contributed by atoms with E-state index in [-0.39, 0.29) is 53.4 Å². The van der Waals surface area contributed by atoms with Crippen LogP contribution in [0.5, 0.6) is 5.75 Å². The number of aromatic hydroxyl groups is 1. The molecular formula is C30H38Cl2N2O4. The number of halogens is 2. The highest BCUT2D eigenvalue weighted by atomic mass is 35.5. The van der Waals surface area contributed by atoms with Crippen LogP contribution in [-0.4, -0.2) is 65.6 Å². The molecule has 2 aromatic rings. The van der Waals surface area contributed by atoms with Gasteiger partial charge in [-0.15, -0.1) is 0 Å². The molecule has 2 fully saturated rings. The van der Waals surface area contributed by atoms with Gasteiger partial charge in [0.05, 0.1) is 16.5 Å². The highest BCUT2D eigenvalue weighted by molar-refractivity contribution is 6.42. The number of hydrogen-bond donors (Lipinski definition) is 1. The van der Waals surface area contributed by atoms with Crippen LogP contribution in [-0.2, 0) is 26.2 Å². The maximum absolute atomic E-state index is 13.9. The van der Waals surface area contributed by atoms with Crippen LogP contribution in [0.1, 0.15) is 51.2 Å². The van der Waals surface area contributed by atoms with E-state index in [9.17, 15) is 14.7 Å². The first-order valence-corrected chi connectivity index (χ1v) is 14.1. The molecule has 2 aliphatic rings. The summed E-state index contributed by atoms with van der Waals surface area (Å²) in [6, 6.07) is 12.6. The van der Waals surface area contributed by atoms with Gasteiger partial charge in [0, 0.05) is 43.8 Å². The minimum absolute atomic E-state index is 0.0149. The van der Waals surface area contributed by atoms with Crippen LogP contribution in [0.15, 0.2) is 42.5 Å². The second-order valence-corrected chi connectivity index (χ2v) is 12.2. The summed E-state index contributed by atoms with van der Waals surface area (Å²) in [4.78, 5) is 30.4. The standard InChI is InChI=1S/C30H38Cl2N2O4/c1-19(2)17-34(29(37)13-21-8-9-26(31)27(32)12-21)23-15-28(38-20(3)35)25-18-33(4)11-10-30(25,16-23)22-6-5-7-24(36)14-22/h5-9,12,14,19,23,25,28,36H,10-11,13,15-18H2,1-4H3. The van der Waals surface area contributed by atoms with E-state index in [1.807, 2.05) is 23.1 Å². The number of likely N-dealkylation sites (tertiary alicyclic amines) is 1. The van der Waals surface area contributed by atoms with Crippen LogP contribution >= 0.6 is 23.2 Å². The molecule has 1 N–H and O–H groups in total. The van der Waals surface area contributed by atoms with E-state index in [0.29, 0.717) is 23.0 Å². The Morgan fingerprint density at radius 1 is 1.18 bits per heavy atom. The van der Waals surface area contributed by atoms with E-state index >= 15 is 0 Å². The van der Waals surface area contributed by atoms with Crippen molar-refractivity contribution in [3.05, 3.63) is 63.6 Å². The molecule has 1 aliphatic carbocycles. The number of benzene rings is 2. The molecule has 1 heterocycles. The predicted octanol–water partition coefficient (Wildman–Crippen LogP) is 5.71. The number of ether oxygens (including phenoxy) is 1. The van der Waals surface area contributed by atoms with Gasteiger partial charge < -0.3 is 19.6 Å². The molecule has 0 spiro atoms. The van der Waals surface area contributed by atoms with Crippen molar-refractivity contribution in [3.8, 4) is 5.75 Å². The van der Waals surface area contributed by atoms with Gasteiger partial charge in [0.15, 0.2) is 0 Å². The molecule has 1 saturated carbocycles. The third kappa shape index (κ3) is 6.30. The van der Waals surface area contributed by atoms with Gasteiger partial charge in [-0.1, -0.05) is 55.2 Å². The van der Waals surface area contributed by atoms with Crippen LogP contribution < -0.4 is 0 Å². The molecule has 1 aliphatic heterocycles. The summed E-state index contributed by atoms with van der Waals surface area (Å²) in [5.41, 5.74) is 1.51. The summed E-state index contributed by atoms with van der Waals surface area (Å²) in [5.74, 6) is 0.226. The van der Waals surface area contributed by atoms with Crippen LogP contribution in [0.25, 0.3) is 0 Å². The van der Waals surface area contributed by atoms with Gasteiger partial charge in [0.2, 0.25) is 5.91 Å². The molecule has 0 radical (unpaired) electrons. The van der Waals surface area contributed by atoms with Crippen molar-refractivity contribution in [2.24, 2.45) is 11.8 Å². The Labute approximate surface area is 235 Å². The van der Waals surface area contributed by atoms with Gasteiger partial charge in [-0.05, 0) is 67.7 Å². The van der Waals surface area contributed by atoms with Crippen LogP contribution in [0.3, 0.4) is 0 Å². The lowest BCUT2D eigenvalue weighted by Crippen LogP contribution is -2.62. The summed E-state index contributed by atoms with van der Waals surface area (Å²) in [7, 11) is 2.09. The monoisotopic (exact) mass is 560 g/mol. The molecule has 206 valence electrons. The number of rotatable bonds is 7. The van der Waals surface area contributed by atoms with Gasteiger partial charge >= 0.3 is 5.97 Å². The zero-order valence-corrected chi connectivity index (χ0v) is 24.1. The number of esters is 1. The summed E-state index contributed by atoms with van der Waals surface area (Å²) < 4.78 is 6.00. The minimum Gasteiger partial charge on any atom is -0.508 e. The number of hydrogen-bond acceptors (Lipinski definition) is 5. The van der Waals surface area contributed by atoms with Gasteiger partial charge in [-0.2, -0.15) is 0 Å². The zero-order valence-electron chi connectivity index (χ0n) is 22.6. The summed E-state index contributed by atoms with van der Waals surface area (Å²) in [6.07, 6.45) is 2.04. The fourth-order valence-corrected chi connectivity index (χ4v) is 6.81. The van der Waals surface area contributed by atoms with Crippen molar-refractivity contribution in [1.29, 1.82) is 0 Å². The Kier molecular flexibility index (Phi) is 8.96. The smallest absolute Gasteiger partial charge is 0.302 e. The highest BCUT2D eigenvalue weighted by Gasteiger charge is 2.54. The van der Waals surface area contributed by atoms with E-state index in [4.69, 9.17) is 27.9 Å². The first-order chi connectivity index (χ1) is 18.0. The van der Waals surface area contributed by atoms with E-state index in [1.54, 1.807) is 18.2 Å². The molecular weight excluding hydrogens is 523 g/mol. The van der Waals surface area contributed by atoms with Gasteiger partial charge in [-0.25, -0.2) is 0 Å². The Morgan fingerprint density at radius 3 is 2.61 bits per heavy atom. The van der Waals surface area contributed by atoms with Crippen LogP contribution in [0.2, 0.25) is 10.0 Å². The molecule has 8 heteroatoms. The van der Waals surface area contributed by atoms with Crippen molar-refractivity contribution in [3.63, 3.8) is 0 Å². The summed E-state index contributed by atoms with van der Waals surface area (Å²) in [6.45, 7) is 7.92. The molecule has 4 unspecified atom stereocenters. The van der Waals surface area contributed by atoms with Crippen molar-refractivity contribution in [2.75, 3.05) is 26.7 Å². The van der Waals surface area contributed by atoms with Gasteiger partial charge in [0.1, 0.15) is 11.9 Å². The molecule has 4 atom stereocenters. The SMILES string of the molecule is CC(=O)OC1CC(N(CC(C)C)C(=O)Cc2ccc(Cl)c(Cl)c2)CC2(c3cccc(O)c3)CCN(C)CC12. The summed E-state index contributed by atoms with van der Waals surface area (Å²) in [5, 5.41) is 11.3. The number of piperidine rings is 1. The normalized spacial score (nSPS) is 25.6. The van der Waals surface area contributed by atoms with Crippen molar-refractivity contribution in [1.82, 2.24) is 9.80 Å². The number of phenolic OH excluding ortho intramolecular Hbond substituents is 1. The largest absolute Gasteiger partial charge is 0.508 e. The Morgan fingerprint density at radius 2 is 1.95 bits per heavy atom. The minimum atomic E-state index is -0.344. The Bertz CT molecular complexity index is 1170. The first kappa shape index (κ1) is 28.7. The molecule has 1 amide bonds.